The number of anilines is 1. The summed E-state index contributed by atoms with van der Waals surface area (Å²) in [6.07, 6.45) is 0. The Hall–Kier alpha value is -2.88. The number of carbonyl (C=O) groups is 2. The summed E-state index contributed by atoms with van der Waals surface area (Å²) in [6.45, 7) is 5.18. The maximum atomic E-state index is 13.8. The fraction of sp³-hybridized carbons (Fsp3) is 0.259. The van der Waals surface area contributed by atoms with E-state index >= 15 is 0 Å². The van der Waals surface area contributed by atoms with Gasteiger partial charge in [-0.25, -0.2) is 8.42 Å². The van der Waals surface area contributed by atoms with Crippen LogP contribution in [0.5, 0.6) is 0 Å². The summed E-state index contributed by atoms with van der Waals surface area (Å²) >= 11 is 9.56. The van der Waals surface area contributed by atoms with Crippen molar-refractivity contribution in [1.82, 2.24) is 10.2 Å². The third-order valence-corrected chi connectivity index (χ3v) is 8.30. The van der Waals surface area contributed by atoms with Crippen molar-refractivity contribution in [2.45, 2.75) is 38.3 Å². The van der Waals surface area contributed by atoms with Gasteiger partial charge in [0.1, 0.15) is 12.6 Å². The van der Waals surface area contributed by atoms with Gasteiger partial charge in [0.2, 0.25) is 11.8 Å². The van der Waals surface area contributed by atoms with Gasteiger partial charge in [0.05, 0.1) is 10.6 Å². The first-order valence-electron chi connectivity index (χ1n) is 11.7. The van der Waals surface area contributed by atoms with Gasteiger partial charge >= 0.3 is 0 Å². The van der Waals surface area contributed by atoms with E-state index in [1.165, 1.54) is 17.0 Å². The molecule has 1 atom stereocenters. The van der Waals surface area contributed by atoms with Crippen LogP contribution in [0.1, 0.15) is 25.0 Å². The molecule has 1 N–H and O–H groups in total. The normalized spacial score (nSPS) is 12.0. The molecule has 2 amide bonds. The lowest BCUT2D eigenvalue weighted by Gasteiger charge is -2.32. The minimum Gasteiger partial charge on any atom is -0.355 e. The molecule has 0 fully saturated rings. The zero-order valence-corrected chi connectivity index (χ0v) is 24.0. The molecular weight excluding hydrogens is 578 g/mol. The van der Waals surface area contributed by atoms with Crippen molar-refractivity contribution in [3.05, 3.63) is 93.4 Å². The van der Waals surface area contributed by atoms with E-state index in [1.54, 1.807) is 57.2 Å². The van der Waals surface area contributed by atoms with Crippen LogP contribution < -0.4 is 9.62 Å². The van der Waals surface area contributed by atoms with Gasteiger partial charge in [-0.3, -0.25) is 13.9 Å². The molecule has 0 aliphatic carbocycles. The monoisotopic (exact) mass is 605 g/mol. The van der Waals surface area contributed by atoms with Crippen LogP contribution in [0.3, 0.4) is 0 Å². The number of aryl methyl sites for hydroxylation is 1. The SMILES string of the molecule is CCNC(=O)C(C)N(Cc1cccc(Br)c1)C(=O)CN(c1ccc(Cl)cc1C)S(=O)(=O)c1ccccc1. The molecule has 0 aliphatic rings. The van der Waals surface area contributed by atoms with E-state index in [0.29, 0.717) is 22.8 Å². The van der Waals surface area contributed by atoms with E-state index in [0.717, 1.165) is 14.3 Å². The Morgan fingerprint density at radius 2 is 1.73 bits per heavy atom. The molecule has 0 saturated heterocycles. The van der Waals surface area contributed by atoms with Gasteiger partial charge in [-0.15, -0.1) is 0 Å². The average molecular weight is 607 g/mol. The van der Waals surface area contributed by atoms with Gasteiger partial charge in [-0.1, -0.05) is 57.9 Å². The van der Waals surface area contributed by atoms with E-state index in [2.05, 4.69) is 21.2 Å². The quantitative estimate of drug-likeness (QED) is 0.346. The molecule has 7 nitrogen and oxygen atoms in total. The predicted molar refractivity (Wildman–Crippen MR) is 150 cm³/mol. The number of likely N-dealkylation sites (N-methyl/N-ethyl adjacent to an activating group) is 1. The van der Waals surface area contributed by atoms with Crippen molar-refractivity contribution in [3.8, 4) is 0 Å². The van der Waals surface area contributed by atoms with Gasteiger partial charge in [0.15, 0.2) is 0 Å². The minimum atomic E-state index is -4.12. The summed E-state index contributed by atoms with van der Waals surface area (Å²) in [5.74, 6) is -0.849. The standard InChI is InChI=1S/C27H29BrClN3O4S/c1-4-30-27(34)20(3)31(17-21-9-8-10-22(28)16-21)26(33)18-32(25-14-13-23(29)15-19(25)2)37(35,36)24-11-6-5-7-12-24/h5-16,20H,4,17-18H2,1-3H3,(H,30,34). The Kier molecular flexibility index (Phi) is 9.75. The first kappa shape index (κ1) is 28.7. The molecule has 1 unspecified atom stereocenters. The fourth-order valence-electron chi connectivity index (χ4n) is 3.87. The topological polar surface area (TPSA) is 86.8 Å². The maximum absolute atomic E-state index is 13.8. The van der Waals surface area contributed by atoms with E-state index < -0.39 is 28.5 Å². The maximum Gasteiger partial charge on any atom is 0.264 e. The number of halogens is 2. The lowest BCUT2D eigenvalue weighted by atomic mass is 10.1. The summed E-state index contributed by atoms with van der Waals surface area (Å²) < 4.78 is 29.5. The van der Waals surface area contributed by atoms with E-state index in [9.17, 15) is 18.0 Å². The van der Waals surface area contributed by atoms with Gasteiger partial charge in [-0.2, -0.15) is 0 Å². The van der Waals surface area contributed by atoms with Crippen LogP contribution in [0.15, 0.2) is 82.2 Å². The Morgan fingerprint density at radius 3 is 2.35 bits per heavy atom. The van der Waals surface area contributed by atoms with Gasteiger partial charge < -0.3 is 10.2 Å². The van der Waals surface area contributed by atoms with Gasteiger partial charge in [0, 0.05) is 22.6 Å². The summed E-state index contributed by atoms with van der Waals surface area (Å²) in [5.41, 5.74) is 1.71. The first-order chi connectivity index (χ1) is 17.5. The molecule has 3 aromatic carbocycles. The number of sulfonamides is 1. The van der Waals surface area contributed by atoms with Crippen molar-refractivity contribution in [1.29, 1.82) is 0 Å². The summed E-state index contributed by atoms with van der Waals surface area (Å²) in [6, 6.07) is 19.3. The predicted octanol–water partition coefficient (Wildman–Crippen LogP) is 5.16. The lowest BCUT2D eigenvalue weighted by Crippen LogP contribution is -2.51. The summed E-state index contributed by atoms with van der Waals surface area (Å²) in [7, 11) is -4.12. The third-order valence-electron chi connectivity index (χ3n) is 5.80. The number of nitrogens with zero attached hydrogens (tertiary/aromatic N) is 2. The molecule has 0 bridgehead atoms. The summed E-state index contributed by atoms with van der Waals surface area (Å²) in [4.78, 5) is 28.0. The second-order valence-electron chi connectivity index (χ2n) is 8.48. The number of rotatable bonds is 10. The van der Waals surface area contributed by atoms with Crippen LogP contribution in [-0.4, -0.2) is 44.3 Å². The Balaban J connectivity index is 2.05. The van der Waals surface area contributed by atoms with Crippen molar-refractivity contribution >= 4 is 55.1 Å². The molecule has 3 rings (SSSR count). The highest BCUT2D eigenvalue weighted by Gasteiger charge is 2.33. The number of hydrogen-bond acceptors (Lipinski definition) is 4. The molecule has 0 heterocycles. The Labute approximate surface area is 231 Å². The van der Waals surface area contributed by atoms with E-state index in [1.807, 2.05) is 24.3 Å². The molecule has 10 heteroatoms. The molecule has 0 aliphatic heterocycles. The number of nitrogens with one attached hydrogen (secondary N) is 1. The van der Waals surface area contributed by atoms with Crippen molar-refractivity contribution in [2.24, 2.45) is 0 Å². The smallest absolute Gasteiger partial charge is 0.264 e. The molecule has 0 spiro atoms. The molecular formula is C27H29BrClN3O4S. The van der Waals surface area contributed by atoms with E-state index in [-0.39, 0.29) is 17.3 Å². The number of carbonyl (C=O) groups excluding carboxylic acids is 2. The number of amides is 2. The zero-order chi connectivity index (χ0) is 27.2. The second kappa shape index (κ2) is 12.6. The molecule has 37 heavy (non-hydrogen) atoms. The van der Waals surface area contributed by atoms with Crippen LogP contribution in [-0.2, 0) is 26.2 Å². The lowest BCUT2D eigenvalue weighted by molar-refractivity contribution is -0.139. The van der Waals surface area contributed by atoms with E-state index in [4.69, 9.17) is 11.6 Å². The largest absolute Gasteiger partial charge is 0.355 e. The molecule has 0 radical (unpaired) electrons. The Morgan fingerprint density at radius 1 is 1.03 bits per heavy atom. The average Bonchev–Trinajstić information content (AvgIpc) is 2.86. The number of hydrogen-bond donors (Lipinski definition) is 1. The molecule has 0 aromatic heterocycles. The van der Waals surface area contributed by atoms with Crippen LogP contribution in [0.4, 0.5) is 5.69 Å². The second-order valence-corrected chi connectivity index (χ2v) is 11.7. The van der Waals surface area contributed by atoms with Gasteiger partial charge in [0.25, 0.3) is 10.0 Å². The highest BCUT2D eigenvalue weighted by atomic mass is 79.9. The first-order valence-corrected chi connectivity index (χ1v) is 14.3. The summed E-state index contributed by atoms with van der Waals surface area (Å²) in [5, 5.41) is 3.20. The molecule has 3 aromatic rings. The van der Waals surface area contributed by atoms with Crippen LogP contribution in [0.25, 0.3) is 0 Å². The highest BCUT2D eigenvalue weighted by Crippen LogP contribution is 2.29. The zero-order valence-electron chi connectivity index (χ0n) is 20.8. The molecule has 0 saturated carbocycles. The van der Waals surface area contributed by atoms with Gasteiger partial charge in [-0.05, 0) is 74.4 Å². The van der Waals surface area contributed by atoms with Crippen LogP contribution in [0.2, 0.25) is 5.02 Å². The minimum absolute atomic E-state index is 0.0486. The number of benzene rings is 3. The fourth-order valence-corrected chi connectivity index (χ4v) is 6.04. The highest BCUT2D eigenvalue weighted by molar-refractivity contribution is 9.10. The third kappa shape index (κ3) is 7.12. The van der Waals surface area contributed by atoms with Crippen LogP contribution in [0, 0.1) is 6.92 Å². The molecule has 196 valence electrons. The van der Waals surface area contributed by atoms with Crippen LogP contribution >= 0.6 is 27.5 Å². The van der Waals surface area contributed by atoms with Crippen molar-refractivity contribution in [3.63, 3.8) is 0 Å². The Bertz CT molecular complexity index is 1370. The van der Waals surface area contributed by atoms with Crippen molar-refractivity contribution < 1.29 is 18.0 Å². The van der Waals surface area contributed by atoms with Crippen molar-refractivity contribution in [2.75, 3.05) is 17.4 Å².